The molecule has 1 saturated carbocycles. The molecule has 1 aliphatic carbocycles. The standard InChI is InChI=1S/C14H19ClN4O4/c1-18(14(20)21)9-6-10(7-9)23-12-8-11(15)16-13(17-12)19-2-4-22-5-3-19/h8-10H,2-7H2,1H3,(H,20,21). The number of carbonyl (C=O) groups is 1. The lowest BCUT2D eigenvalue weighted by molar-refractivity contribution is 0.0294. The van der Waals surface area contributed by atoms with E-state index in [9.17, 15) is 4.79 Å². The average Bonchev–Trinajstić information content (AvgIpc) is 2.50. The van der Waals surface area contributed by atoms with E-state index < -0.39 is 6.09 Å². The van der Waals surface area contributed by atoms with Gasteiger partial charge in [-0.1, -0.05) is 11.6 Å². The highest BCUT2D eigenvalue weighted by molar-refractivity contribution is 6.29. The Bertz CT molecular complexity index is 576. The maximum absolute atomic E-state index is 10.9. The van der Waals surface area contributed by atoms with Crippen LogP contribution in [0.1, 0.15) is 12.8 Å². The normalized spacial score (nSPS) is 24.0. The number of carboxylic acid groups (broad SMARTS) is 1. The molecule has 2 aliphatic rings. The van der Waals surface area contributed by atoms with Crippen LogP contribution in [0.15, 0.2) is 6.07 Å². The highest BCUT2D eigenvalue weighted by Crippen LogP contribution is 2.30. The molecule has 0 spiro atoms. The summed E-state index contributed by atoms with van der Waals surface area (Å²) >= 11 is 6.06. The van der Waals surface area contributed by atoms with Crippen LogP contribution in [0.25, 0.3) is 0 Å². The smallest absolute Gasteiger partial charge is 0.407 e. The van der Waals surface area contributed by atoms with Crippen LogP contribution in [0.4, 0.5) is 10.7 Å². The van der Waals surface area contributed by atoms with E-state index in [0.29, 0.717) is 56.1 Å². The van der Waals surface area contributed by atoms with Crippen molar-refractivity contribution in [2.45, 2.75) is 25.0 Å². The van der Waals surface area contributed by atoms with Gasteiger partial charge in [-0.2, -0.15) is 4.98 Å². The van der Waals surface area contributed by atoms with E-state index >= 15 is 0 Å². The molecule has 1 N–H and O–H groups in total. The largest absolute Gasteiger partial charge is 0.474 e. The second kappa shape index (κ2) is 6.76. The fourth-order valence-corrected chi connectivity index (χ4v) is 2.80. The van der Waals surface area contributed by atoms with Crippen LogP contribution in [0, 0.1) is 0 Å². The van der Waals surface area contributed by atoms with Gasteiger partial charge in [0.1, 0.15) is 11.3 Å². The summed E-state index contributed by atoms with van der Waals surface area (Å²) in [5, 5.41) is 9.27. The Hall–Kier alpha value is -1.80. The molecule has 9 heteroatoms. The zero-order valence-electron chi connectivity index (χ0n) is 12.8. The number of nitrogens with zero attached hydrogens (tertiary/aromatic N) is 4. The van der Waals surface area contributed by atoms with Gasteiger partial charge in [0.2, 0.25) is 11.8 Å². The average molecular weight is 343 g/mol. The number of ether oxygens (including phenoxy) is 2. The number of halogens is 1. The molecule has 1 aromatic heterocycles. The molecule has 23 heavy (non-hydrogen) atoms. The van der Waals surface area contributed by atoms with Gasteiger partial charge in [0.15, 0.2) is 0 Å². The van der Waals surface area contributed by atoms with E-state index in [-0.39, 0.29) is 12.1 Å². The first-order valence-corrected chi connectivity index (χ1v) is 7.90. The van der Waals surface area contributed by atoms with Gasteiger partial charge < -0.3 is 24.4 Å². The highest BCUT2D eigenvalue weighted by atomic mass is 35.5. The molecule has 1 aromatic rings. The first-order chi connectivity index (χ1) is 11.0. The summed E-state index contributed by atoms with van der Waals surface area (Å²) in [6, 6.07) is 1.58. The van der Waals surface area contributed by atoms with Crippen molar-refractivity contribution in [1.29, 1.82) is 0 Å². The molecule has 1 aliphatic heterocycles. The van der Waals surface area contributed by atoms with Crippen molar-refractivity contribution in [3.05, 3.63) is 11.2 Å². The molecule has 0 unspecified atom stereocenters. The van der Waals surface area contributed by atoms with E-state index in [1.54, 1.807) is 13.1 Å². The number of amides is 1. The minimum absolute atomic E-state index is 0.00600. The molecule has 126 valence electrons. The summed E-state index contributed by atoms with van der Waals surface area (Å²) in [4.78, 5) is 22.9. The molecule has 1 saturated heterocycles. The third kappa shape index (κ3) is 3.76. The van der Waals surface area contributed by atoms with Crippen molar-refractivity contribution < 1.29 is 19.4 Å². The number of anilines is 1. The van der Waals surface area contributed by atoms with Gasteiger partial charge in [0, 0.05) is 45.1 Å². The quantitative estimate of drug-likeness (QED) is 0.829. The fraction of sp³-hybridized carbons (Fsp3) is 0.643. The highest BCUT2D eigenvalue weighted by Gasteiger charge is 2.36. The zero-order valence-corrected chi connectivity index (χ0v) is 13.6. The molecule has 8 nitrogen and oxygen atoms in total. The first-order valence-electron chi connectivity index (χ1n) is 7.52. The monoisotopic (exact) mass is 342 g/mol. The predicted molar refractivity (Wildman–Crippen MR) is 83.3 cm³/mol. The van der Waals surface area contributed by atoms with Gasteiger partial charge in [-0.25, -0.2) is 9.78 Å². The Kier molecular flexibility index (Phi) is 4.72. The number of hydrogen-bond acceptors (Lipinski definition) is 6. The van der Waals surface area contributed by atoms with E-state index in [4.69, 9.17) is 26.2 Å². The Morgan fingerprint density at radius 1 is 1.43 bits per heavy atom. The maximum Gasteiger partial charge on any atom is 0.407 e. The van der Waals surface area contributed by atoms with Crippen LogP contribution in [-0.4, -0.2) is 71.6 Å². The summed E-state index contributed by atoms with van der Waals surface area (Å²) in [7, 11) is 1.57. The lowest BCUT2D eigenvalue weighted by Crippen LogP contribution is -2.49. The van der Waals surface area contributed by atoms with Gasteiger partial charge >= 0.3 is 6.09 Å². The van der Waals surface area contributed by atoms with Crippen molar-refractivity contribution in [3.8, 4) is 5.88 Å². The van der Waals surface area contributed by atoms with Crippen molar-refractivity contribution in [2.75, 3.05) is 38.3 Å². The molecular formula is C14H19ClN4O4. The van der Waals surface area contributed by atoms with E-state index in [0.717, 1.165) is 0 Å². The Balaban J connectivity index is 1.60. The minimum Gasteiger partial charge on any atom is -0.474 e. The second-order valence-corrected chi connectivity index (χ2v) is 6.07. The molecular weight excluding hydrogens is 324 g/mol. The van der Waals surface area contributed by atoms with Crippen LogP contribution in [0.3, 0.4) is 0 Å². The third-order valence-corrected chi connectivity index (χ3v) is 4.35. The van der Waals surface area contributed by atoms with Crippen molar-refractivity contribution in [2.24, 2.45) is 0 Å². The lowest BCUT2D eigenvalue weighted by Gasteiger charge is -2.39. The number of aromatic nitrogens is 2. The van der Waals surface area contributed by atoms with Crippen LogP contribution in [0.2, 0.25) is 5.15 Å². The third-order valence-electron chi connectivity index (χ3n) is 4.16. The topological polar surface area (TPSA) is 88.0 Å². The van der Waals surface area contributed by atoms with Gasteiger partial charge in [-0.15, -0.1) is 0 Å². The van der Waals surface area contributed by atoms with E-state index in [2.05, 4.69) is 9.97 Å². The van der Waals surface area contributed by atoms with E-state index in [1.165, 1.54) is 4.90 Å². The van der Waals surface area contributed by atoms with Crippen molar-refractivity contribution in [3.63, 3.8) is 0 Å². The molecule has 2 heterocycles. The van der Waals surface area contributed by atoms with Crippen molar-refractivity contribution in [1.82, 2.24) is 14.9 Å². The van der Waals surface area contributed by atoms with Crippen LogP contribution in [-0.2, 0) is 4.74 Å². The molecule has 0 aromatic carbocycles. The summed E-state index contributed by atoms with van der Waals surface area (Å²) in [6.45, 7) is 2.71. The molecule has 1 amide bonds. The molecule has 0 bridgehead atoms. The van der Waals surface area contributed by atoms with Crippen LogP contribution >= 0.6 is 11.6 Å². The first kappa shape index (κ1) is 16.1. The Labute approximate surface area is 139 Å². The number of morpholine rings is 1. The van der Waals surface area contributed by atoms with Gasteiger partial charge in [0.25, 0.3) is 0 Å². The maximum atomic E-state index is 10.9. The lowest BCUT2D eigenvalue weighted by atomic mass is 9.88. The molecule has 0 radical (unpaired) electrons. The second-order valence-electron chi connectivity index (χ2n) is 5.69. The van der Waals surface area contributed by atoms with Crippen LogP contribution in [0.5, 0.6) is 5.88 Å². The van der Waals surface area contributed by atoms with Gasteiger partial charge in [-0.3, -0.25) is 0 Å². The van der Waals surface area contributed by atoms with Gasteiger partial charge in [0.05, 0.1) is 13.2 Å². The summed E-state index contributed by atoms with van der Waals surface area (Å²) in [5.74, 6) is 0.960. The molecule has 0 atom stereocenters. The number of rotatable bonds is 4. The molecule has 3 rings (SSSR count). The van der Waals surface area contributed by atoms with Gasteiger partial charge in [-0.05, 0) is 0 Å². The SMILES string of the molecule is CN(C(=O)O)C1CC(Oc2cc(Cl)nc(N3CCOCC3)n2)C1. The minimum atomic E-state index is -0.923. The Morgan fingerprint density at radius 2 is 2.13 bits per heavy atom. The summed E-state index contributed by atoms with van der Waals surface area (Å²) < 4.78 is 11.1. The molecule has 2 fully saturated rings. The zero-order chi connectivity index (χ0) is 16.4. The summed E-state index contributed by atoms with van der Waals surface area (Å²) in [6.07, 6.45) is 0.327. The number of hydrogen-bond donors (Lipinski definition) is 1. The van der Waals surface area contributed by atoms with Crippen LogP contribution < -0.4 is 9.64 Å². The van der Waals surface area contributed by atoms with Crippen molar-refractivity contribution >= 4 is 23.6 Å². The summed E-state index contributed by atoms with van der Waals surface area (Å²) in [5.41, 5.74) is 0. The van der Waals surface area contributed by atoms with E-state index in [1.807, 2.05) is 4.90 Å². The fourth-order valence-electron chi connectivity index (χ4n) is 2.63. The predicted octanol–water partition coefficient (Wildman–Crippen LogP) is 1.49. The Morgan fingerprint density at radius 3 is 2.78 bits per heavy atom.